The number of carbonyl (C=O) groups is 1. The maximum absolute atomic E-state index is 12.6. The smallest absolute Gasteiger partial charge is 0.222 e. The molecule has 26 heavy (non-hydrogen) atoms. The van der Waals surface area contributed by atoms with Gasteiger partial charge >= 0.3 is 0 Å². The Morgan fingerprint density at radius 1 is 1.19 bits per heavy atom. The van der Waals surface area contributed by atoms with E-state index in [1.165, 1.54) is 11.1 Å². The van der Waals surface area contributed by atoms with Crippen molar-refractivity contribution >= 4 is 5.91 Å². The third-order valence-electron chi connectivity index (χ3n) is 6.18. The van der Waals surface area contributed by atoms with E-state index >= 15 is 0 Å². The summed E-state index contributed by atoms with van der Waals surface area (Å²) in [5, 5.41) is 3.19. The van der Waals surface area contributed by atoms with Crippen molar-refractivity contribution in [1.82, 2.24) is 5.32 Å². The van der Waals surface area contributed by atoms with E-state index in [0.717, 1.165) is 37.9 Å². The largest absolute Gasteiger partial charge is 0.496 e. The first-order valence-corrected chi connectivity index (χ1v) is 9.57. The van der Waals surface area contributed by atoms with Gasteiger partial charge in [-0.2, -0.15) is 0 Å². The van der Waals surface area contributed by atoms with Crippen LogP contribution in [-0.4, -0.2) is 45.5 Å². The first kappa shape index (κ1) is 19.2. The fourth-order valence-electron chi connectivity index (χ4n) is 4.19. The van der Waals surface area contributed by atoms with Gasteiger partial charge in [0.15, 0.2) is 0 Å². The van der Waals surface area contributed by atoms with Crippen molar-refractivity contribution in [2.24, 2.45) is 0 Å². The Bertz CT molecular complexity index is 627. The van der Waals surface area contributed by atoms with E-state index in [4.69, 9.17) is 14.2 Å². The average Bonchev–Trinajstić information content (AvgIpc) is 2.64. The zero-order valence-electron chi connectivity index (χ0n) is 16.2. The molecular formula is C21H31NO4. The summed E-state index contributed by atoms with van der Waals surface area (Å²) < 4.78 is 16.8. The van der Waals surface area contributed by atoms with Crippen LogP contribution < -0.4 is 10.1 Å². The SMILES string of the molecule is COc1ccc(C)cc1C1(CNC(=O)CC2(OC)CCC2)CCOCC1. The summed E-state index contributed by atoms with van der Waals surface area (Å²) in [6, 6.07) is 6.28. The molecule has 0 atom stereocenters. The van der Waals surface area contributed by atoms with E-state index < -0.39 is 0 Å². The molecule has 1 saturated heterocycles. The van der Waals surface area contributed by atoms with Crippen LogP contribution in [0.15, 0.2) is 18.2 Å². The maximum atomic E-state index is 12.6. The van der Waals surface area contributed by atoms with Gasteiger partial charge in [0.05, 0.1) is 19.1 Å². The Kier molecular flexibility index (Phi) is 5.88. The van der Waals surface area contributed by atoms with Gasteiger partial charge in [0.1, 0.15) is 5.75 Å². The minimum absolute atomic E-state index is 0.0732. The van der Waals surface area contributed by atoms with Crippen molar-refractivity contribution in [3.05, 3.63) is 29.3 Å². The quantitative estimate of drug-likeness (QED) is 0.811. The van der Waals surface area contributed by atoms with Gasteiger partial charge in [0.25, 0.3) is 0 Å². The van der Waals surface area contributed by atoms with Crippen LogP contribution in [0, 0.1) is 6.92 Å². The number of nitrogens with one attached hydrogen (secondary N) is 1. The monoisotopic (exact) mass is 361 g/mol. The lowest BCUT2D eigenvalue weighted by molar-refractivity contribution is -0.134. The number of benzene rings is 1. The summed E-state index contributed by atoms with van der Waals surface area (Å²) >= 11 is 0. The third kappa shape index (κ3) is 3.89. The van der Waals surface area contributed by atoms with E-state index in [9.17, 15) is 4.79 Å². The first-order valence-electron chi connectivity index (χ1n) is 9.57. The number of carbonyl (C=O) groups excluding carboxylic acids is 1. The van der Waals surface area contributed by atoms with Crippen molar-refractivity contribution < 1.29 is 19.0 Å². The van der Waals surface area contributed by atoms with Crippen molar-refractivity contribution in [2.75, 3.05) is 34.0 Å². The molecule has 2 fully saturated rings. The topological polar surface area (TPSA) is 56.8 Å². The highest BCUT2D eigenvalue weighted by Crippen LogP contribution is 2.41. The molecule has 5 heteroatoms. The molecule has 1 aliphatic carbocycles. The lowest BCUT2D eigenvalue weighted by Gasteiger charge is -2.41. The second-order valence-corrected chi connectivity index (χ2v) is 7.79. The minimum Gasteiger partial charge on any atom is -0.496 e. The highest BCUT2D eigenvalue weighted by atomic mass is 16.5. The zero-order valence-corrected chi connectivity index (χ0v) is 16.2. The molecule has 1 amide bonds. The van der Waals surface area contributed by atoms with Crippen LogP contribution >= 0.6 is 0 Å². The molecule has 0 spiro atoms. The Balaban J connectivity index is 1.76. The molecule has 1 aliphatic heterocycles. The van der Waals surface area contributed by atoms with E-state index in [-0.39, 0.29) is 16.9 Å². The maximum Gasteiger partial charge on any atom is 0.222 e. The van der Waals surface area contributed by atoms with Gasteiger partial charge in [-0.05, 0) is 45.1 Å². The molecule has 0 unspecified atom stereocenters. The summed E-state index contributed by atoms with van der Waals surface area (Å²) in [4.78, 5) is 12.6. The van der Waals surface area contributed by atoms with Gasteiger partial charge < -0.3 is 19.5 Å². The Hall–Kier alpha value is -1.59. The highest BCUT2D eigenvalue weighted by molar-refractivity contribution is 5.77. The average molecular weight is 361 g/mol. The summed E-state index contributed by atoms with van der Waals surface area (Å²) in [7, 11) is 3.42. The van der Waals surface area contributed by atoms with E-state index in [2.05, 4.69) is 24.4 Å². The minimum atomic E-state index is -0.242. The van der Waals surface area contributed by atoms with Crippen LogP contribution in [0.4, 0.5) is 0 Å². The van der Waals surface area contributed by atoms with Crippen LogP contribution in [0.25, 0.3) is 0 Å². The highest BCUT2D eigenvalue weighted by Gasteiger charge is 2.41. The fourth-order valence-corrected chi connectivity index (χ4v) is 4.19. The van der Waals surface area contributed by atoms with Crippen LogP contribution in [0.5, 0.6) is 5.75 Å². The van der Waals surface area contributed by atoms with E-state index in [1.54, 1.807) is 14.2 Å². The molecule has 1 heterocycles. The van der Waals surface area contributed by atoms with Crippen molar-refractivity contribution in [2.45, 2.75) is 56.5 Å². The van der Waals surface area contributed by atoms with Gasteiger partial charge in [0, 0.05) is 37.8 Å². The molecule has 1 aromatic carbocycles. The number of amides is 1. The van der Waals surface area contributed by atoms with Crippen LogP contribution in [-0.2, 0) is 19.7 Å². The molecule has 2 aliphatic rings. The number of hydrogen-bond acceptors (Lipinski definition) is 4. The zero-order chi connectivity index (χ0) is 18.6. The predicted octanol–water partition coefficient (Wildman–Crippen LogP) is 3.13. The standard InChI is InChI=1S/C21H31NO4/c1-16-5-6-18(24-2)17(13-16)20(9-11-26-12-10-20)15-22-19(23)14-21(25-3)7-4-8-21/h5-6,13H,4,7-12,14-15H2,1-3H3,(H,22,23). The van der Waals surface area contributed by atoms with Crippen LogP contribution in [0.1, 0.15) is 49.7 Å². The normalized spacial score (nSPS) is 20.9. The summed E-state index contributed by atoms with van der Waals surface area (Å²) in [6.45, 7) is 4.10. The van der Waals surface area contributed by atoms with E-state index in [0.29, 0.717) is 26.2 Å². The molecule has 3 rings (SSSR count). The molecule has 1 aromatic rings. The molecule has 0 bridgehead atoms. The van der Waals surface area contributed by atoms with Crippen molar-refractivity contribution in [1.29, 1.82) is 0 Å². The summed E-state index contributed by atoms with van der Waals surface area (Å²) in [6.07, 6.45) is 5.29. The molecule has 1 N–H and O–H groups in total. The predicted molar refractivity (Wildman–Crippen MR) is 101 cm³/mol. The number of aryl methyl sites for hydroxylation is 1. The molecule has 144 valence electrons. The van der Waals surface area contributed by atoms with Crippen molar-refractivity contribution in [3.8, 4) is 5.75 Å². The van der Waals surface area contributed by atoms with Crippen molar-refractivity contribution in [3.63, 3.8) is 0 Å². The van der Waals surface area contributed by atoms with Gasteiger partial charge in [-0.3, -0.25) is 4.79 Å². The second kappa shape index (κ2) is 7.97. The lowest BCUT2D eigenvalue weighted by atomic mass is 9.73. The number of hydrogen-bond donors (Lipinski definition) is 1. The van der Waals surface area contributed by atoms with Gasteiger partial charge in [-0.15, -0.1) is 0 Å². The Morgan fingerprint density at radius 2 is 1.92 bits per heavy atom. The van der Waals surface area contributed by atoms with Crippen LogP contribution in [0.2, 0.25) is 0 Å². The van der Waals surface area contributed by atoms with Gasteiger partial charge in [-0.1, -0.05) is 17.7 Å². The summed E-state index contributed by atoms with van der Waals surface area (Å²) in [5.74, 6) is 0.961. The number of ether oxygens (including phenoxy) is 3. The molecular weight excluding hydrogens is 330 g/mol. The molecule has 5 nitrogen and oxygen atoms in total. The fraction of sp³-hybridized carbons (Fsp3) is 0.667. The lowest BCUT2D eigenvalue weighted by Crippen LogP contribution is -2.48. The van der Waals surface area contributed by atoms with E-state index in [1.807, 2.05) is 6.07 Å². The Labute approximate surface area is 156 Å². The van der Waals surface area contributed by atoms with Crippen LogP contribution in [0.3, 0.4) is 0 Å². The molecule has 1 saturated carbocycles. The first-order chi connectivity index (χ1) is 12.5. The molecule has 0 radical (unpaired) electrons. The third-order valence-corrected chi connectivity index (χ3v) is 6.18. The Morgan fingerprint density at radius 3 is 2.50 bits per heavy atom. The molecule has 0 aromatic heterocycles. The van der Waals surface area contributed by atoms with Gasteiger partial charge in [-0.25, -0.2) is 0 Å². The second-order valence-electron chi connectivity index (χ2n) is 7.79. The van der Waals surface area contributed by atoms with Gasteiger partial charge in [0.2, 0.25) is 5.91 Å². The summed E-state index contributed by atoms with van der Waals surface area (Å²) in [5.41, 5.74) is 1.98. The number of methoxy groups -OCH3 is 2. The number of rotatable bonds is 7.